The van der Waals surface area contributed by atoms with Crippen LogP contribution in [0.1, 0.15) is 18.9 Å². The molecule has 4 heteroatoms. The zero-order valence-electron chi connectivity index (χ0n) is 9.24. The van der Waals surface area contributed by atoms with E-state index in [-0.39, 0.29) is 18.6 Å². The SMILES string of the molecule is CC[C@H](CO)NC(=O)Cc1ccc(Cl)cc1. The first-order chi connectivity index (χ1) is 7.65. The minimum atomic E-state index is -0.153. The molecule has 0 aromatic heterocycles. The van der Waals surface area contributed by atoms with E-state index in [9.17, 15) is 4.79 Å². The molecule has 0 fully saturated rings. The molecule has 0 spiro atoms. The summed E-state index contributed by atoms with van der Waals surface area (Å²) in [5.74, 6) is -0.0803. The molecule has 0 bridgehead atoms. The van der Waals surface area contributed by atoms with Crippen molar-refractivity contribution in [1.82, 2.24) is 5.32 Å². The van der Waals surface area contributed by atoms with Crippen molar-refractivity contribution in [2.75, 3.05) is 6.61 Å². The van der Waals surface area contributed by atoms with Gasteiger partial charge in [-0.15, -0.1) is 0 Å². The molecule has 0 radical (unpaired) electrons. The fourth-order valence-electron chi connectivity index (χ4n) is 1.34. The fourth-order valence-corrected chi connectivity index (χ4v) is 1.47. The topological polar surface area (TPSA) is 49.3 Å². The summed E-state index contributed by atoms with van der Waals surface area (Å²) in [6.45, 7) is 1.90. The highest BCUT2D eigenvalue weighted by Gasteiger charge is 2.09. The van der Waals surface area contributed by atoms with E-state index in [1.807, 2.05) is 19.1 Å². The number of aliphatic hydroxyl groups is 1. The van der Waals surface area contributed by atoms with Gasteiger partial charge in [0.2, 0.25) is 5.91 Å². The summed E-state index contributed by atoms with van der Waals surface area (Å²) in [5, 5.41) is 12.4. The number of amides is 1. The number of nitrogens with one attached hydrogen (secondary N) is 1. The average molecular weight is 242 g/mol. The van der Waals surface area contributed by atoms with Crippen LogP contribution in [-0.2, 0) is 11.2 Å². The summed E-state index contributed by atoms with van der Waals surface area (Å²) in [4.78, 5) is 11.6. The Morgan fingerprint density at radius 3 is 2.56 bits per heavy atom. The standard InChI is InChI=1S/C12H16ClNO2/c1-2-11(8-15)14-12(16)7-9-3-5-10(13)6-4-9/h3-6,11,15H,2,7-8H2,1H3,(H,14,16)/t11-/m1/s1. The molecule has 0 aliphatic carbocycles. The molecule has 1 rings (SSSR count). The maximum Gasteiger partial charge on any atom is 0.224 e. The van der Waals surface area contributed by atoms with E-state index in [1.165, 1.54) is 0 Å². The molecule has 1 atom stereocenters. The summed E-state index contributed by atoms with van der Waals surface area (Å²) < 4.78 is 0. The van der Waals surface area contributed by atoms with Crippen LogP contribution in [0, 0.1) is 0 Å². The summed E-state index contributed by atoms with van der Waals surface area (Å²) in [6, 6.07) is 7.00. The number of rotatable bonds is 5. The third kappa shape index (κ3) is 4.21. The van der Waals surface area contributed by atoms with Crippen molar-refractivity contribution in [1.29, 1.82) is 0 Å². The molecule has 0 saturated carbocycles. The van der Waals surface area contributed by atoms with Crippen LogP contribution < -0.4 is 5.32 Å². The quantitative estimate of drug-likeness (QED) is 0.826. The van der Waals surface area contributed by atoms with Gasteiger partial charge in [0.1, 0.15) is 0 Å². The number of hydrogen-bond donors (Lipinski definition) is 2. The van der Waals surface area contributed by atoms with Gasteiger partial charge in [-0.1, -0.05) is 30.7 Å². The molecular formula is C12H16ClNO2. The minimum absolute atomic E-state index is 0.0249. The van der Waals surface area contributed by atoms with E-state index in [1.54, 1.807) is 12.1 Å². The predicted octanol–water partition coefficient (Wildman–Crippen LogP) is 1.77. The Labute approximate surface area is 100 Å². The molecule has 88 valence electrons. The molecule has 0 unspecified atom stereocenters. The zero-order chi connectivity index (χ0) is 12.0. The lowest BCUT2D eigenvalue weighted by Gasteiger charge is -2.13. The Hall–Kier alpha value is -1.06. The number of hydrogen-bond acceptors (Lipinski definition) is 2. The van der Waals surface area contributed by atoms with Gasteiger partial charge >= 0.3 is 0 Å². The first kappa shape index (κ1) is 13.0. The van der Waals surface area contributed by atoms with Crippen LogP contribution >= 0.6 is 11.6 Å². The van der Waals surface area contributed by atoms with Crippen molar-refractivity contribution >= 4 is 17.5 Å². The average Bonchev–Trinajstić information content (AvgIpc) is 2.29. The summed E-state index contributed by atoms with van der Waals surface area (Å²) in [7, 11) is 0. The van der Waals surface area contributed by atoms with Crippen LogP contribution in [-0.4, -0.2) is 23.7 Å². The number of aliphatic hydroxyl groups excluding tert-OH is 1. The molecule has 1 aromatic rings. The minimum Gasteiger partial charge on any atom is -0.394 e. The van der Waals surface area contributed by atoms with Crippen molar-refractivity contribution in [3.63, 3.8) is 0 Å². The van der Waals surface area contributed by atoms with Crippen LogP contribution in [0.3, 0.4) is 0 Å². The second-order valence-corrected chi connectivity index (χ2v) is 4.09. The van der Waals surface area contributed by atoms with Gasteiger partial charge in [-0.3, -0.25) is 4.79 Å². The lowest BCUT2D eigenvalue weighted by atomic mass is 10.1. The summed E-state index contributed by atoms with van der Waals surface area (Å²) in [5.41, 5.74) is 0.912. The second kappa shape index (κ2) is 6.51. The lowest BCUT2D eigenvalue weighted by Crippen LogP contribution is -2.37. The van der Waals surface area contributed by atoms with Gasteiger partial charge in [-0.05, 0) is 24.1 Å². The maximum absolute atomic E-state index is 11.6. The zero-order valence-corrected chi connectivity index (χ0v) is 10.00. The molecule has 2 N–H and O–H groups in total. The highest BCUT2D eigenvalue weighted by molar-refractivity contribution is 6.30. The van der Waals surface area contributed by atoms with Crippen LogP contribution in [0.5, 0.6) is 0 Å². The van der Waals surface area contributed by atoms with Gasteiger partial charge in [-0.2, -0.15) is 0 Å². The lowest BCUT2D eigenvalue weighted by molar-refractivity contribution is -0.121. The monoisotopic (exact) mass is 241 g/mol. The third-order valence-electron chi connectivity index (χ3n) is 2.36. The van der Waals surface area contributed by atoms with Crippen molar-refractivity contribution in [3.05, 3.63) is 34.9 Å². The van der Waals surface area contributed by atoms with E-state index in [0.717, 1.165) is 12.0 Å². The van der Waals surface area contributed by atoms with Gasteiger partial charge in [-0.25, -0.2) is 0 Å². The Morgan fingerprint density at radius 1 is 1.44 bits per heavy atom. The number of halogens is 1. The van der Waals surface area contributed by atoms with Crippen LogP contribution in [0.2, 0.25) is 5.02 Å². The molecule has 1 amide bonds. The molecule has 0 aliphatic heterocycles. The normalized spacial score (nSPS) is 12.2. The number of carbonyl (C=O) groups is 1. The van der Waals surface area contributed by atoms with Gasteiger partial charge in [0, 0.05) is 5.02 Å². The smallest absolute Gasteiger partial charge is 0.224 e. The van der Waals surface area contributed by atoms with Gasteiger partial charge in [0.05, 0.1) is 19.1 Å². The molecule has 0 saturated heterocycles. The van der Waals surface area contributed by atoms with Crippen molar-refractivity contribution in [2.24, 2.45) is 0 Å². The molecular weight excluding hydrogens is 226 g/mol. The van der Waals surface area contributed by atoms with Gasteiger partial charge < -0.3 is 10.4 Å². The van der Waals surface area contributed by atoms with Crippen LogP contribution in [0.15, 0.2) is 24.3 Å². The van der Waals surface area contributed by atoms with Crippen LogP contribution in [0.25, 0.3) is 0 Å². The maximum atomic E-state index is 11.6. The van der Waals surface area contributed by atoms with E-state index in [4.69, 9.17) is 16.7 Å². The first-order valence-corrected chi connectivity index (χ1v) is 5.68. The fraction of sp³-hybridized carbons (Fsp3) is 0.417. The van der Waals surface area contributed by atoms with E-state index < -0.39 is 0 Å². The molecule has 1 aromatic carbocycles. The number of benzene rings is 1. The van der Waals surface area contributed by atoms with Crippen molar-refractivity contribution in [2.45, 2.75) is 25.8 Å². The van der Waals surface area contributed by atoms with Crippen molar-refractivity contribution in [3.8, 4) is 0 Å². The van der Waals surface area contributed by atoms with Crippen molar-refractivity contribution < 1.29 is 9.90 Å². The Balaban J connectivity index is 2.48. The predicted molar refractivity (Wildman–Crippen MR) is 64.5 cm³/mol. The van der Waals surface area contributed by atoms with Gasteiger partial charge in [0.15, 0.2) is 0 Å². The Morgan fingerprint density at radius 2 is 2.06 bits per heavy atom. The number of carbonyl (C=O) groups excluding carboxylic acids is 1. The van der Waals surface area contributed by atoms with Crippen LogP contribution in [0.4, 0.5) is 0 Å². The summed E-state index contributed by atoms with van der Waals surface area (Å²) in [6.07, 6.45) is 1.04. The Kier molecular flexibility index (Phi) is 5.29. The Bertz CT molecular complexity index is 333. The third-order valence-corrected chi connectivity index (χ3v) is 2.61. The second-order valence-electron chi connectivity index (χ2n) is 3.66. The first-order valence-electron chi connectivity index (χ1n) is 5.30. The van der Waals surface area contributed by atoms with E-state index in [2.05, 4.69) is 5.32 Å². The highest BCUT2D eigenvalue weighted by atomic mass is 35.5. The largest absolute Gasteiger partial charge is 0.394 e. The van der Waals surface area contributed by atoms with E-state index in [0.29, 0.717) is 11.4 Å². The van der Waals surface area contributed by atoms with E-state index >= 15 is 0 Å². The molecule has 3 nitrogen and oxygen atoms in total. The van der Waals surface area contributed by atoms with Gasteiger partial charge in [0.25, 0.3) is 0 Å². The molecule has 16 heavy (non-hydrogen) atoms. The molecule has 0 aliphatic rings. The highest BCUT2D eigenvalue weighted by Crippen LogP contribution is 2.09. The molecule has 0 heterocycles. The summed E-state index contributed by atoms with van der Waals surface area (Å²) >= 11 is 5.74.